The van der Waals surface area contributed by atoms with Gasteiger partial charge in [-0.15, -0.1) is 0 Å². The summed E-state index contributed by atoms with van der Waals surface area (Å²) in [6.07, 6.45) is 3.31. The molecule has 0 atom stereocenters. The minimum Gasteiger partial charge on any atom is -0.455 e. The Morgan fingerprint density at radius 1 is 1.10 bits per heavy atom. The quantitative estimate of drug-likeness (QED) is 0.502. The second kappa shape index (κ2) is 8.66. The van der Waals surface area contributed by atoms with E-state index < -0.39 is 0 Å². The summed E-state index contributed by atoms with van der Waals surface area (Å²) in [4.78, 5) is 41.1. The molecule has 0 saturated heterocycles. The van der Waals surface area contributed by atoms with E-state index in [1.807, 2.05) is 6.92 Å². The smallest absolute Gasteiger partial charge is 0.273 e. The number of nitrogens with zero attached hydrogens (tertiary/aromatic N) is 2. The van der Waals surface area contributed by atoms with Gasteiger partial charge in [0.05, 0.1) is 23.5 Å². The number of carbonyl (C=O) groups excluding carboxylic acids is 1. The number of aromatic amines is 1. The molecular formula is C23H20N4O4. The first-order valence-electron chi connectivity index (χ1n) is 9.71. The van der Waals surface area contributed by atoms with Crippen molar-refractivity contribution >= 4 is 22.4 Å². The van der Waals surface area contributed by atoms with E-state index in [1.54, 1.807) is 67.0 Å². The van der Waals surface area contributed by atoms with Gasteiger partial charge >= 0.3 is 0 Å². The van der Waals surface area contributed by atoms with E-state index in [0.717, 1.165) is 5.56 Å². The average molecular weight is 416 g/mol. The normalized spacial score (nSPS) is 10.7. The molecule has 0 saturated carbocycles. The van der Waals surface area contributed by atoms with Gasteiger partial charge in [0.2, 0.25) is 5.91 Å². The maximum Gasteiger partial charge on any atom is 0.273 e. The van der Waals surface area contributed by atoms with Crippen molar-refractivity contribution < 1.29 is 9.53 Å². The number of nitrogens with one attached hydrogen (secondary N) is 2. The number of aromatic nitrogens is 3. The van der Waals surface area contributed by atoms with Gasteiger partial charge in [-0.3, -0.25) is 24.5 Å². The fourth-order valence-corrected chi connectivity index (χ4v) is 3.22. The Balaban J connectivity index is 1.42. The monoisotopic (exact) mass is 416 g/mol. The van der Waals surface area contributed by atoms with Crippen LogP contribution in [0.25, 0.3) is 10.8 Å². The average Bonchev–Trinajstić information content (AvgIpc) is 2.78. The Kier molecular flexibility index (Phi) is 5.61. The summed E-state index contributed by atoms with van der Waals surface area (Å²) < 4.78 is 6.95. The number of amides is 1. The van der Waals surface area contributed by atoms with Crippen molar-refractivity contribution in [1.29, 1.82) is 0 Å². The first kappa shape index (κ1) is 20.1. The fourth-order valence-electron chi connectivity index (χ4n) is 3.22. The molecule has 0 spiro atoms. The van der Waals surface area contributed by atoms with Crippen LogP contribution in [0.15, 0.2) is 76.6 Å². The molecule has 31 heavy (non-hydrogen) atoms. The molecule has 2 aromatic heterocycles. The van der Waals surface area contributed by atoms with Crippen molar-refractivity contribution in [2.24, 2.45) is 0 Å². The van der Waals surface area contributed by atoms with E-state index in [-0.39, 0.29) is 30.0 Å². The summed E-state index contributed by atoms with van der Waals surface area (Å²) in [5, 5.41) is 5.98. The van der Waals surface area contributed by atoms with Crippen LogP contribution < -0.4 is 21.2 Å². The van der Waals surface area contributed by atoms with Crippen LogP contribution in [0.2, 0.25) is 0 Å². The first-order chi connectivity index (χ1) is 15.0. The molecule has 2 aromatic carbocycles. The largest absolute Gasteiger partial charge is 0.455 e. The highest BCUT2D eigenvalue weighted by Gasteiger charge is 2.10. The number of H-pyrrole nitrogens is 1. The van der Waals surface area contributed by atoms with Gasteiger partial charge in [-0.05, 0) is 55.0 Å². The summed E-state index contributed by atoms with van der Waals surface area (Å²) in [6.45, 7) is 1.94. The van der Waals surface area contributed by atoms with E-state index in [1.165, 1.54) is 4.68 Å². The zero-order valence-electron chi connectivity index (χ0n) is 16.8. The molecule has 8 heteroatoms. The molecule has 0 aliphatic carbocycles. The fraction of sp³-hybridized carbons (Fsp3) is 0.130. The number of hydrogen-bond acceptors (Lipinski definition) is 5. The van der Waals surface area contributed by atoms with Gasteiger partial charge in [0.15, 0.2) is 0 Å². The van der Waals surface area contributed by atoms with Crippen LogP contribution in [-0.4, -0.2) is 20.7 Å². The van der Waals surface area contributed by atoms with Crippen molar-refractivity contribution in [3.63, 3.8) is 0 Å². The van der Waals surface area contributed by atoms with Crippen molar-refractivity contribution in [3.8, 4) is 11.5 Å². The predicted molar refractivity (Wildman–Crippen MR) is 118 cm³/mol. The third-order valence-corrected chi connectivity index (χ3v) is 4.77. The minimum atomic E-state index is -0.365. The number of fused-ring (bicyclic) bond motifs is 1. The van der Waals surface area contributed by atoms with E-state index in [9.17, 15) is 14.4 Å². The maximum atomic E-state index is 12.5. The van der Waals surface area contributed by atoms with Gasteiger partial charge in [0, 0.05) is 18.3 Å². The summed E-state index contributed by atoms with van der Waals surface area (Å²) in [7, 11) is 0. The van der Waals surface area contributed by atoms with Gasteiger partial charge < -0.3 is 10.1 Å². The third-order valence-electron chi connectivity index (χ3n) is 4.77. The van der Waals surface area contributed by atoms with Gasteiger partial charge in [-0.1, -0.05) is 12.1 Å². The number of hydrogen-bond donors (Lipinski definition) is 2. The lowest BCUT2D eigenvalue weighted by Crippen LogP contribution is -2.31. The topological polar surface area (TPSA) is 106 Å². The van der Waals surface area contributed by atoms with Crippen LogP contribution in [0.3, 0.4) is 0 Å². The van der Waals surface area contributed by atoms with Crippen LogP contribution in [0, 0.1) is 6.92 Å². The molecule has 0 fully saturated rings. The highest BCUT2D eigenvalue weighted by molar-refractivity contribution is 5.90. The lowest BCUT2D eigenvalue weighted by atomic mass is 10.2. The Hall–Kier alpha value is -4.20. The highest BCUT2D eigenvalue weighted by atomic mass is 16.5. The van der Waals surface area contributed by atoms with Crippen LogP contribution in [-0.2, 0) is 11.3 Å². The zero-order valence-corrected chi connectivity index (χ0v) is 16.8. The van der Waals surface area contributed by atoms with Crippen molar-refractivity contribution in [1.82, 2.24) is 14.8 Å². The Morgan fingerprint density at radius 2 is 1.90 bits per heavy atom. The Morgan fingerprint density at radius 3 is 2.65 bits per heavy atom. The molecule has 1 amide bonds. The first-order valence-corrected chi connectivity index (χ1v) is 9.71. The second-order valence-corrected chi connectivity index (χ2v) is 7.01. The molecule has 2 heterocycles. The van der Waals surface area contributed by atoms with E-state index in [2.05, 4.69) is 15.4 Å². The molecule has 0 unspecified atom stereocenters. The van der Waals surface area contributed by atoms with E-state index in [4.69, 9.17) is 4.74 Å². The van der Waals surface area contributed by atoms with Crippen molar-refractivity contribution in [3.05, 3.63) is 93.3 Å². The molecule has 4 rings (SSSR count). The van der Waals surface area contributed by atoms with Crippen LogP contribution in [0.5, 0.6) is 11.5 Å². The Bertz CT molecular complexity index is 1360. The maximum absolute atomic E-state index is 12.5. The van der Waals surface area contributed by atoms with E-state index >= 15 is 0 Å². The molecule has 0 aliphatic heterocycles. The van der Waals surface area contributed by atoms with Gasteiger partial charge in [0.25, 0.3) is 11.1 Å². The van der Waals surface area contributed by atoms with Gasteiger partial charge in [0.1, 0.15) is 11.5 Å². The molecule has 2 N–H and O–H groups in total. The molecule has 8 nitrogen and oxygen atoms in total. The Labute approximate surface area is 177 Å². The lowest BCUT2D eigenvalue weighted by Gasteiger charge is -2.11. The molecule has 0 radical (unpaired) electrons. The second-order valence-electron chi connectivity index (χ2n) is 7.01. The predicted octanol–water partition coefficient (Wildman–Crippen LogP) is 3.21. The number of aryl methyl sites for hydroxylation is 2. The van der Waals surface area contributed by atoms with Crippen molar-refractivity contribution in [2.45, 2.75) is 19.9 Å². The van der Waals surface area contributed by atoms with Crippen molar-refractivity contribution in [2.75, 3.05) is 5.32 Å². The summed E-state index contributed by atoms with van der Waals surface area (Å²) in [5.41, 5.74) is 0.753. The molecular weight excluding hydrogens is 396 g/mol. The minimum absolute atomic E-state index is 0.0289. The number of anilines is 1. The molecule has 0 aliphatic rings. The SMILES string of the molecule is Cc1cc(NC(=O)CCn2[nH]c(=O)c3ccccc3c2=O)ccc1Oc1cccnc1. The highest BCUT2D eigenvalue weighted by Crippen LogP contribution is 2.26. The summed E-state index contributed by atoms with van der Waals surface area (Å²) >= 11 is 0. The van der Waals surface area contributed by atoms with E-state index in [0.29, 0.717) is 28.0 Å². The number of benzene rings is 2. The molecule has 0 bridgehead atoms. The number of pyridine rings is 1. The molecule has 156 valence electrons. The van der Waals surface area contributed by atoms with Gasteiger partial charge in [-0.2, -0.15) is 0 Å². The summed E-state index contributed by atoms with van der Waals surface area (Å²) in [6, 6.07) is 15.5. The standard InChI is InChI=1S/C23H20N4O4/c1-15-13-16(8-9-20(15)31-17-5-4-11-24-14-17)25-21(28)10-12-27-23(30)19-7-3-2-6-18(19)22(29)26-27/h2-9,11,13-14H,10,12H2,1H3,(H,25,28)(H,26,29). The molecule has 4 aromatic rings. The summed E-state index contributed by atoms with van der Waals surface area (Å²) in [5.74, 6) is 1.00. The zero-order chi connectivity index (χ0) is 21.8. The van der Waals surface area contributed by atoms with Crippen LogP contribution >= 0.6 is 0 Å². The number of rotatable bonds is 6. The third kappa shape index (κ3) is 4.53. The van der Waals surface area contributed by atoms with Gasteiger partial charge in [-0.25, -0.2) is 4.68 Å². The number of carbonyl (C=O) groups is 1. The lowest BCUT2D eigenvalue weighted by molar-refractivity contribution is -0.116. The number of ether oxygens (including phenoxy) is 1. The van der Waals surface area contributed by atoms with Crippen LogP contribution in [0.4, 0.5) is 5.69 Å². The van der Waals surface area contributed by atoms with Crippen LogP contribution in [0.1, 0.15) is 12.0 Å².